The van der Waals surface area contributed by atoms with Gasteiger partial charge in [0.2, 0.25) is 5.91 Å². The minimum absolute atomic E-state index is 0.00693. The number of anilines is 1. The van der Waals surface area contributed by atoms with Crippen LogP contribution in [0.15, 0.2) is 42.5 Å². The van der Waals surface area contributed by atoms with Crippen LogP contribution in [0.4, 0.5) is 10.1 Å². The lowest BCUT2D eigenvalue weighted by Crippen LogP contribution is -2.42. The van der Waals surface area contributed by atoms with Gasteiger partial charge < -0.3 is 14.4 Å². The van der Waals surface area contributed by atoms with Crippen LogP contribution in [0.25, 0.3) is 0 Å². The summed E-state index contributed by atoms with van der Waals surface area (Å²) in [5, 5.41) is 0. The Balaban J connectivity index is 2.00. The van der Waals surface area contributed by atoms with E-state index in [2.05, 4.69) is 0 Å². The number of benzene rings is 2. The Labute approximate surface area is 157 Å². The van der Waals surface area contributed by atoms with E-state index < -0.39 is 5.82 Å². The third-order valence-corrected chi connectivity index (χ3v) is 4.50. The van der Waals surface area contributed by atoms with Gasteiger partial charge in [-0.2, -0.15) is 0 Å². The summed E-state index contributed by atoms with van der Waals surface area (Å²) in [4.78, 5) is 28.5. The Kier molecular flexibility index (Phi) is 5.59. The average Bonchev–Trinajstić information content (AvgIpc) is 3.10. The molecule has 27 heavy (non-hydrogen) atoms. The third-order valence-electron chi connectivity index (χ3n) is 4.50. The highest BCUT2D eigenvalue weighted by atomic mass is 19.1. The number of rotatable bonds is 6. The van der Waals surface area contributed by atoms with Gasteiger partial charge in [0.05, 0.1) is 19.8 Å². The molecule has 1 fully saturated rings. The van der Waals surface area contributed by atoms with Gasteiger partial charge in [-0.15, -0.1) is 0 Å². The van der Waals surface area contributed by atoms with E-state index in [0.717, 1.165) is 6.42 Å². The summed E-state index contributed by atoms with van der Waals surface area (Å²) in [7, 11) is 2.95. The molecular weight excluding hydrogens is 351 g/mol. The number of hydrogen-bond donors (Lipinski definition) is 0. The van der Waals surface area contributed by atoms with Crippen molar-refractivity contribution in [3.05, 3.63) is 53.8 Å². The van der Waals surface area contributed by atoms with Crippen molar-refractivity contribution in [3.8, 4) is 11.5 Å². The first-order valence-corrected chi connectivity index (χ1v) is 8.61. The maximum Gasteiger partial charge on any atom is 0.263 e. The average molecular weight is 372 g/mol. The molecule has 0 aromatic heterocycles. The molecule has 6 nitrogen and oxygen atoms in total. The molecule has 0 atom stereocenters. The lowest BCUT2D eigenvalue weighted by atomic mass is 10.1. The minimum Gasteiger partial charge on any atom is -0.493 e. The number of carbonyl (C=O) groups excluding carboxylic acids is 2. The van der Waals surface area contributed by atoms with Crippen molar-refractivity contribution in [2.24, 2.45) is 0 Å². The van der Waals surface area contributed by atoms with Crippen LogP contribution in [0.1, 0.15) is 23.2 Å². The fourth-order valence-corrected chi connectivity index (χ4v) is 3.11. The van der Waals surface area contributed by atoms with Crippen molar-refractivity contribution in [3.63, 3.8) is 0 Å². The molecule has 1 heterocycles. The molecule has 0 spiro atoms. The predicted molar refractivity (Wildman–Crippen MR) is 98.6 cm³/mol. The predicted octanol–water partition coefficient (Wildman–Crippen LogP) is 3.07. The van der Waals surface area contributed by atoms with Gasteiger partial charge in [0.25, 0.3) is 5.91 Å². The van der Waals surface area contributed by atoms with Crippen LogP contribution in [0.3, 0.4) is 0 Å². The zero-order valence-corrected chi connectivity index (χ0v) is 15.3. The number of carbonyl (C=O) groups is 2. The Morgan fingerprint density at radius 1 is 1.15 bits per heavy atom. The molecule has 7 heteroatoms. The number of halogens is 1. The first-order chi connectivity index (χ1) is 13.0. The Morgan fingerprint density at radius 2 is 1.89 bits per heavy atom. The fraction of sp³-hybridized carbons (Fsp3) is 0.300. The summed E-state index contributed by atoms with van der Waals surface area (Å²) in [6, 6.07) is 10.6. The van der Waals surface area contributed by atoms with Crippen molar-refractivity contribution in [2.75, 3.05) is 32.3 Å². The van der Waals surface area contributed by atoms with Gasteiger partial charge in [-0.3, -0.25) is 14.5 Å². The number of likely N-dealkylation sites (tertiary alicyclic amines) is 1. The normalized spacial score (nSPS) is 13.6. The lowest BCUT2D eigenvalue weighted by molar-refractivity contribution is -0.127. The van der Waals surface area contributed by atoms with Gasteiger partial charge in [-0.1, -0.05) is 6.07 Å². The Hall–Kier alpha value is -3.09. The van der Waals surface area contributed by atoms with Gasteiger partial charge in [-0.05, 0) is 42.8 Å². The highest BCUT2D eigenvalue weighted by Gasteiger charge is 2.28. The van der Waals surface area contributed by atoms with E-state index in [4.69, 9.17) is 9.47 Å². The smallest absolute Gasteiger partial charge is 0.263 e. The highest BCUT2D eigenvalue weighted by Crippen LogP contribution is 2.32. The highest BCUT2D eigenvalue weighted by molar-refractivity contribution is 6.08. The molecule has 3 rings (SSSR count). The monoisotopic (exact) mass is 372 g/mol. The van der Waals surface area contributed by atoms with Gasteiger partial charge in [-0.25, -0.2) is 4.39 Å². The van der Waals surface area contributed by atoms with Gasteiger partial charge in [0, 0.05) is 18.7 Å². The van der Waals surface area contributed by atoms with Crippen LogP contribution in [0.2, 0.25) is 0 Å². The summed E-state index contributed by atoms with van der Waals surface area (Å²) in [5.74, 6) is -0.0311. The standard InChI is InChI=1S/C20H21FN2O4/c1-26-17-6-3-5-16(19(17)27-2)20(25)23(13-22-12-4-7-18(22)24)15-10-8-14(21)9-11-15/h3,5-6,8-11H,4,7,12-13H2,1-2H3. The molecule has 142 valence electrons. The maximum absolute atomic E-state index is 13.4. The molecule has 0 bridgehead atoms. The van der Waals surface area contributed by atoms with Crippen LogP contribution in [-0.2, 0) is 4.79 Å². The third kappa shape index (κ3) is 3.86. The second-order valence-corrected chi connectivity index (χ2v) is 6.15. The van der Waals surface area contributed by atoms with E-state index >= 15 is 0 Å². The van der Waals surface area contributed by atoms with Crippen LogP contribution in [-0.4, -0.2) is 44.1 Å². The van der Waals surface area contributed by atoms with Crippen molar-refractivity contribution in [1.29, 1.82) is 0 Å². The number of amides is 2. The molecule has 0 aliphatic carbocycles. The topological polar surface area (TPSA) is 59.1 Å². The van der Waals surface area contributed by atoms with Gasteiger partial charge in [0.15, 0.2) is 11.5 Å². The van der Waals surface area contributed by atoms with E-state index in [1.54, 1.807) is 23.1 Å². The van der Waals surface area contributed by atoms with Gasteiger partial charge in [0.1, 0.15) is 12.5 Å². The summed E-state index contributed by atoms with van der Waals surface area (Å²) < 4.78 is 24.0. The van der Waals surface area contributed by atoms with Crippen LogP contribution in [0.5, 0.6) is 11.5 Å². The molecule has 0 saturated carbocycles. The second-order valence-electron chi connectivity index (χ2n) is 6.15. The number of para-hydroxylation sites is 1. The fourth-order valence-electron chi connectivity index (χ4n) is 3.11. The van der Waals surface area contributed by atoms with Crippen LogP contribution in [0, 0.1) is 5.82 Å². The second kappa shape index (κ2) is 8.07. The Bertz CT molecular complexity index is 838. The lowest BCUT2D eigenvalue weighted by Gasteiger charge is -2.28. The largest absolute Gasteiger partial charge is 0.493 e. The Morgan fingerprint density at radius 3 is 2.48 bits per heavy atom. The van der Waals surface area contributed by atoms with E-state index in [1.165, 1.54) is 43.4 Å². The minimum atomic E-state index is -0.401. The SMILES string of the molecule is COc1cccc(C(=O)N(CN2CCCC2=O)c2ccc(F)cc2)c1OC. The molecule has 2 amide bonds. The quantitative estimate of drug-likeness (QED) is 0.782. The molecule has 2 aromatic rings. The van der Waals surface area contributed by atoms with Crippen molar-refractivity contribution in [2.45, 2.75) is 12.8 Å². The number of hydrogen-bond acceptors (Lipinski definition) is 4. The van der Waals surface area contributed by atoms with Crippen LogP contribution < -0.4 is 14.4 Å². The van der Waals surface area contributed by atoms with E-state index in [-0.39, 0.29) is 18.5 Å². The first kappa shape index (κ1) is 18.7. The van der Waals surface area contributed by atoms with Gasteiger partial charge >= 0.3 is 0 Å². The summed E-state index contributed by atoms with van der Waals surface area (Å²) in [6.07, 6.45) is 1.22. The molecule has 1 aliphatic rings. The molecule has 1 aliphatic heterocycles. The molecule has 0 N–H and O–H groups in total. The zero-order valence-electron chi connectivity index (χ0n) is 15.3. The molecular formula is C20H21FN2O4. The van der Waals surface area contributed by atoms with Crippen molar-refractivity contribution in [1.82, 2.24) is 4.90 Å². The number of nitrogens with zero attached hydrogens (tertiary/aromatic N) is 2. The first-order valence-electron chi connectivity index (χ1n) is 8.61. The van der Waals surface area contributed by atoms with Crippen molar-refractivity contribution >= 4 is 17.5 Å². The zero-order chi connectivity index (χ0) is 19.4. The van der Waals surface area contributed by atoms with Crippen molar-refractivity contribution < 1.29 is 23.5 Å². The molecule has 0 unspecified atom stereocenters. The summed E-state index contributed by atoms with van der Waals surface area (Å²) in [6.45, 7) is 0.669. The van der Waals surface area contributed by atoms with E-state index in [0.29, 0.717) is 35.7 Å². The maximum atomic E-state index is 13.4. The number of methoxy groups -OCH3 is 2. The van der Waals surface area contributed by atoms with E-state index in [9.17, 15) is 14.0 Å². The summed E-state index contributed by atoms with van der Waals surface area (Å²) >= 11 is 0. The molecule has 1 saturated heterocycles. The van der Waals surface area contributed by atoms with E-state index in [1.807, 2.05) is 0 Å². The molecule has 0 radical (unpaired) electrons. The summed E-state index contributed by atoms with van der Waals surface area (Å²) in [5.41, 5.74) is 0.791. The molecule has 2 aromatic carbocycles. The number of ether oxygens (including phenoxy) is 2. The van der Waals surface area contributed by atoms with Crippen LogP contribution >= 0.6 is 0 Å².